The second-order valence-corrected chi connectivity index (χ2v) is 6.22. The number of aryl methyl sites for hydroxylation is 2. The van der Waals surface area contributed by atoms with Crippen molar-refractivity contribution in [2.75, 3.05) is 12.4 Å². The first-order valence-corrected chi connectivity index (χ1v) is 8.63. The van der Waals surface area contributed by atoms with Crippen LogP contribution in [0, 0.1) is 13.8 Å². The molecule has 0 saturated heterocycles. The standard InChI is InChI=1S/C21H19N5O/c1-13-11-18(15-7-5-4-6-8-15)24-20(22-13)26-21-23-14(2)17-10-9-16(27-3)12-19(17)25-21/h4-12H,1-3H3,(H,22,23,24,25,26). The van der Waals surface area contributed by atoms with E-state index in [1.807, 2.05) is 68.4 Å². The maximum atomic E-state index is 5.30. The van der Waals surface area contributed by atoms with Gasteiger partial charge < -0.3 is 4.74 Å². The van der Waals surface area contributed by atoms with Crippen LogP contribution >= 0.6 is 0 Å². The van der Waals surface area contributed by atoms with Crippen molar-refractivity contribution in [3.05, 3.63) is 66.0 Å². The summed E-state index contributed by atoms with van der Waals surface area (Å²) in [4.78, 5) is 18.2. The average molecular weight is 357 g/mol. The van der Waals surface area contributed by atoms with E-state index in [9.17, 15) is 0 Å². The highest BCUT2D eigenvalue weighted by molar-refractivity contribution is 5.83. The lowest BCUT2D eigenvalue weighted by molar-refractivity contribution is 0.415. The summed E-state index contributed by atoms with van der Waals surface area (Å²) in [7, 11) is 1.64. The van der Waals surface area contributed by atoms with Gasteiger partial charge in [-0.2, -0.15) is 0 Å². The maximum absolute atomic E-state index is 5.30. The normalized spacial score (nSPS) is 10.8. The number of benzene rings is 2. The molecule has 0 unspecified atom stereocenters. The Hall–Kier alpha value is -3.54. The van der Waals surface area contributed by atoms with Gasteiger partial charge in [-0.25, -0.2) is 19.9 Å². The predicted octanol–water partition coefficient (Wildman–Crippen LogP) is 4.46. The van der Waals surface area contributed by atoms with Crippen LogP contribution in [0.3, 0.4) is 0 Å². The molecule has 27 heavy (non-hydrogen) atoms. The van der Waals surface area contributed by atoms with Gasteiger partial charge in [0.25, 0.3) is 0 Å². The number of hydrogen-bond acceptors (Lipinski definition) is 6. The number of nitrogens with zero attached hydrogens (tertiary/aromatic N) is 4. The largest absolute Gasteiger partial charge is 0.497 e. The molecule has 2 aromatic heterocycles. The van der Waals surface area contributed by atoms with E-state index in [1.165, 1.54) is 0 Å². The van der Waals surface area contributed by atoms with Crippen LogP contribution in [0.25, 0.3) is 22.2 Å². The second kappa shape index (κ2) is 6.99. The van der Waals surface area contributed by atoms with E-state index in [2.05, 4.69) is 25.3 Å². The van der Waals surface area contributed by atoms with Crippen molar-refractivity contribution in [1.29, 1.82) is 0 Å². The fourth-order valence-electron chi connectivity index (χ4n) is 2.93. The number of anilines is 2. The summed E-state index contributed by atoms with van der Waals surface area (Å²) < 4.78 is 5.30. The predicted molar refractivity (Wildman–Crippen MR) is 106 cm³/mol. The van der Waals surface area contributed by atoms with Crippen molar-refractivity contribution in [3.63, 3.8) is 0 Å². The Morgan fingerprint density at radius 2 is 1.59 bits per heavy atom. The molecule has 0 fully saturated rings. The molecule has 2 aromatic carbocycles. The number of ether oxygens (including phenoxy) is 1. The molecule has 0 aliphatic rings. The van der Waals surface area contributed by atoms with Gasteiger partial charge in [0.1, 0.15) is 5.75 Å². The Morgan fingerprint density at radius 3 is 2.37 bits per heavy atom. The van der Waals surface area contributed by atoms with E-state index in [0.717, 1.165) is 39.3 Å². The van der Waals surface area contributed by atoms with Crippen molar-refractivity contribution >= 4 is 22.8 Å². The number of fused-ring (bicyclic) bond motifs is 1. The van der Waals surface area contributed by atoms with Crippen molar-refractivity contribution < 1.29 is 4.74 Å². The Labute approximate surface area is 157 Å². The molecule has 134 valence electrons. The molecular weight excluding hydrogens is 338 g/mol. The summed E-state index contributed by atoms with van der Waals surface area (Å²) >= 11 is 0. The summed E-state index contributed by atoms with van der Waals surface area (Å²) in [6.45, 7) is 3.89. The third-order valence-corrected chi connectivity index (χ3v) is 4.24. The number of hydrogen-bond donors (Lipinski definition) is 1. The topological polar surface area (TPSA) is 72.8 Å². The van der Waals surface area contributed by atoms with Gasteiger partial charge in [0.15, 0.2) is 0 Å². The van der Waals surface area contributed by atoms with Crippen LogP contribution in [-0.4, -0.2) is 27.0 Å². The third kappa shape index (κ3) is 3.55. The molecule has 0 spiro atoms. The molecule has 0 bridgehead atoms. The molecular formula is C21H19N5O. The first-order chi connectivity index (χ1) is 13.1. The first-order valence-electron chi connectivity index (χ1n) is 8.63. The monoisotopic (exact) mass is 357 g/mol. The molecule has 1 N–H and O–H groups in total. The summed E-state index contributed by atoms with van der Waals surface area (Å²) in [5, 5.41) is 4.12. The molecule has 0 atom stereocenters. The van der Waals surface area contributed by atoms with Crippen LogP contribution in [0.1, 0.15) is 11.4 Å². The molecule has 0 saturated carbocycles. The van der Waals surface area contributed by atoms with Gasteiger partial charge >= 0.3 is 0 Å². The quantitative estimate of drug-likeness (QED) is 0.581. The van der Waals surface area contributed by atoms with E-state index in [4.69, 9.17) is 4.74 Å². The zero-order valence-electron chi connectivity index (χ0n) is 15.4. The fourth-order valence-corrected chi connectivity index (χ4v) is 2.93. The smallest absolute Gasteiger partial charge is 0.230 e. The van der Waals surface area contributed by atoms with E-state index in [1.54, 1.807) is 7.11 Å². The van der Waals surface area contributed by atoms with E-state index in [0.29, 0.717) is 11.9 Å². The van der Waals surface area contributed by atoms with Crippen LogP contribution in [0.15, 0.2) is 54.6 Å². The van der Waals surface area contributed by atoms with Crippen LogP contribution in [0.2, 0.25) is 0 Å². The summed E-state index contributed by atoms with van der Waals surface area (Å²) in [5.74, 6) is 1.68. The van der Waals surface area contributed by atoms with Crippen LogP contribution in [-0.2, 0) is 0 Å². The van der Waals surface area contributed by atoms with Gasteiger partial charge in [0.05, 0.1) is 24.0 Å². The molecule has 6 heteroatoms. The first kappa shape index (κ1) is 16.9. The van der Waals surface area contributed by atoms with Gasteiger partial charge in [-0.3, -0.25) is 5.32 Å². The second-order valence-electron chi connectivity index (χ2n) is 6.22. The zero-order valence-corrected chi connectivity index (χ0v) is 15.4. The Morgan fingerprint density at radius 1 is 0.815 bits per heavy atom. The highest BCUT2D eigenvalue weighted by atomic mass is 16.5. The lowest BCUT2D eigenvalue weighted by atomic mass is 10.1. The van der Waals surface area contributed by atoms with Crippen molar-refractivity contribution in [2.24, 2.45) is 0 Å². The minimum atomic E-state index is 0.456. The molecule has 0 radical (unpaired) electrons. The number of rotatable bonds is 4. The van der Waals surface area contributed by atoms with Gasteiger partial charge in [0, 0.05) is 22.7 Å². The van der Waals surface area contributed by atoms with Crippen molar-refractivity contribution in [2.45, 2.75) is 13.8 Å². The van der Waals surface area contributed by atoms with E-state index >= 15 is 0 Å². The fraction of sp³-hybridized carbons (Fsp3) is 0.143. The SMILES string of the molecule is COc1ccc2c(C)nc(Nc3nc(C)cc(-c4ccccc4)n3)nc2c1. The van der Waals surface area contributed by atoms with Gasteiger partial charge in [-0.15, -0.1) is 0 Å². The van der Waals surface area contributed by atoms with E-state index < -0.39 is 0 Å². The summed E-state index contributed by atoms with van der Waals surface area (Å²) in [6.07, 6.45) is 0. The molecule has 2 heterocycles. The lowest BCUT2D eigenvalue weighted by Gasteiger charge is -2.10. The molecule has 0 aliphatic heterocycles. The minimum absolute atomic E-state index is 0.456. The van der Waals surface area contributed by atoms with Gasteiger partial charge in [-0.1, -0.05) is 30.3 Å². The molecule has 0 aliphatic carbocycles. The number of methoxy groups -OCH3 is 1. The molecule has 4 rings (SSSR count). The Kier molecular flexibility index (Phi) is 4.38. The van der Waals surface area contributed by atoms with E-state index in [-0.39, 0.29) is 0 Å². The van der Waals surface area contributed by atoms with Gasteiger partial charge in [0.2, 0.25) is 11.9 Å². The summed E-state index contributed by atoms with van der Waals surface area (Å²) in [6, 6.07) is 17.7. The Bertz CT molecular complexity index is 1110. The van der Waals surface area contributed by atoms with Crippen LogP contribution in [0.5, 0.6) is 5.75 Å². The maximum Gasteiger partial charge on any atom is 0.230 e. The molecule has 4 aromatic rings. The average Bonchev–Trinajstić information content (AvgIpc) is 2.67. The molecule has 0 amide bonds. The van der Waals surface area contributed by atoms with Crippen LogP contribution < -0.4 is 10.1 Å². The zero-order chi connectivity index (χ0) is 18.8. The number of aromatic nitrogens is 4. The van der Waals surface area contributed by atoms with Crippen molar-refractivity contribution in [3.8, 4) is 17.0 Å². The highest BCUT2D eigenvalue weighted by Crippen LogP contribution is 2.24. The van der Waals surface area contributed by atoms with Crippen LogP contribution in [0.4, 0.5) is 11.9 Å². The van der Waals surface area contributed by atoms with Gasteiger partial charge in [-0.05, 0) is 32.0 Å². The Balaban J connectivity index is 1.72. The minimum Gasteiger partial charge on any atom is -0.497 e. The highest BCUT2D eigenvalue weighted by Gasteiger charge is 2.09. The molecule has 6 nitrogen and oxygen atoms in total. The summed E-state index contributed by atoms with van der Waals surface area (Å²) in [5.41, 5.74) is 4.43. The lowest BCUT2D eigenvalue weighted by Crippen LogP contribution is -2.04. The van der Waals surface area contributed by atoms with Crippen molar-refractivity contribution in [1.82, 2.24) is 19.9 Å². The number of nitrogens with one attached hydrogen (secondary N) is 1. The third-order valence-electron chi connectivity index (χ3n) is 4.24.